The molecule has 2 rings (SSSR count). The van der Waals surface area contributed by atoms with Crippen molar-refractivity contribution in [2.24, 2.45) is 5.41 Å². The van der Waals surface area contributed by atoms with Crippen molar-refractivity contribution in [3.05, 3.63) is 0 Å². The third kappa shape index (κ3) is 7.80. The SMILES string of the molecule is CCOC(=O)C(C)(C)CN1CCC2CN(C(=O)OC(C)(C)C)CCN2C1=S.CSC. The van der Waals surface area contributed by atoms with Gasteiger partial charge in [-0.3, -0.25) is 4.79 Å². The van der Waals surface area contributed by atoms with E-state index in [1.165, 1.54) is 0 Å². The molecular formula is C21H39N3O4S2. The summed E-state index contributed by atoms with van der Waals surface area (Å²) in [5.74, 6) is -0.204. The number of hydrogen-bond donors (Lipinski definition) is 0. The predicted octanol–water partition coefficient (Wildman–Crippen LogP) is 3.47. The second-order valence-corrected chi connectivity index (χ2v) is 10.5. The van der Waals surface area contributed by atoms with Crippen LogP contribution in [-0.4, -0.2) is 95.4 Å². The van der Waals surface area contributed by atoms with Gasteiger partial charge in [-0.15, -0.1) is 0 Å². The quantitative estimate of drug-likeness (QED) is 0.466. The summed E-state index contributed by atoms with van der Waals surface area (Å²) in [5.41, 5.74) is -1.11. The first-order chi connectivity index (χ1) is 13.9. The molecule has 1 atom stereocenters. The molecule has 0 bridgehead atoms. The third-order valence-corrected chi connectivity index (χ3v) is 5.29. The Bertz CT molecular complexity index is 608. The first-order valence-corrected chi connectivity index (χ1v) is 12.5. The van der Waals surface area contributed by atoms with Crippen molar-refractivity contribution in [3.8, 4) is 0 Å². The highest BCUT2D eigenvalue weighted by molar-refractivity contribution is 7.97. The Morgan fingerprint density at radius 3 is 2.27 bits per heavy atom. The van der Waals surface area contributed by atoms with Gasteiger partial charge in [0.15, 0.2) is 5.11 Å². The number of thiocarbonyl (C=S) groups is 1. The van der Waals surface area contributed by atoms with Gasteiger partial charge >= 0.3 is 12.1 Å². The van der Waals surface area contributed by atoms with E-state index in [-0.39, 0.29) is 18.1 Å². The molecule has 2 heterocycles. The number of piperazine rings is 1. The number of ether oxygens (including phenoxy) is 2. The smallest absolute Gasteiger partial charge is 0.410 e. The van der Waals surface area contributed by atoms with Gasteiger partial charge in [-0.05, 0) is 72.7 Å². The Morgan fingerprint density at radius 1 is 1.13 bits per heavy atom. The summed E-state index contributed by atoms with van der Waals surface area (Å²) in [6.45, 7) is 14.8. The number of nitrogens with zero attached hydrogens (tertiary/aromatic N) is 3. The molecule has 2 aliphatic heterocycles. The maximum atomic E-state index is 12.3. The van der Waals surface area contributed by atoms with Crippen molar-refractivity contribution in [3.63, 3.8) is 0 Å². The molecular weight excluding hydrogens is 422 g/mol. The van der Waals surface area contributed by atoms with Crippen LogP contribution in [0.4, 0.5) is 4.79 Å². The lowest BCUT2D eigenvalue weighted by Crippen LogP contribution is -2.64. The van der Waals surface area contributed by atoms with E-state index in [9.17, 15) is 9.59 Å². The van der Waals surface area contributed by atoms with Gasteiger partial charge in [-0.2, -0.15) is 11.8 Å². The molecule has 174 valence electrons. The molecule has 0 N–H and O–H groups in total. The van der Waals surface area contributed by atoms with Crippen molar-refractivity contribution in [1.29, 1.82) is 0 Å². The molecule has 7 nitrogen and oxygen atoms in total. The normalized spacial score (nSPS) is 19.5. The fourth-order valence-corrected chi connectivity index (χ4v) is 3.84. The maximum Gasteiger partial charge on any atom is 0.410 e. The molecule has 0 radical (unpaired) electrons. The fraction of sp³-hybridized carbons (Fsp3) is 0.857. The topological polar surface area (TPSA) is 62.3 Å². The summed E-state index contributed by atoms with van der Waals surface area (Å²) in [6, 6.07) is 0.195. The molecule has 0 aliphatic carbocycles. The van der Waals surface area contributed by atoms with E-state index in [2.05, 4.69) is 9.80 Å². The van der Waals surface area contributed by atoms with E-state index in [0.717, 1.165) is 18.1 Å². The molecule has 2 aliphatic rings. The Hall–Kier alpha value is -1.22. The van der Waals surface area contributed by atoms with Gasteiger partial charge in [0.05, 0.1) is 18.1 Å². The monoisotopic (exact) mass is 461 g/mol. The van der Waals surface area contributed by atoms with Crippen LogP contribution in [0.5, 0.6) is 0 Å². The molecule has 0 aromatic carbocycles. The summed E-state index contributed by atoms with van der Waals surface area (Å²) in [6.07, 6.45) is 4.71. The lowest BCUT2D eigenvalue weighted by molar-refractivity contribution is -0.154. The van der Waals surface area contributed by atoms with E-state index < -0.39 is 11.0 Å². The highest BCUT2D eigenvalue weighted by Crippen LogP contribution is 2.26. The van der Waals surface area contributed by atoms with Gasteiger partial charge in [0, 0.05) is 32.7 Å². The van der Waals surface area contributed by atoms with Crippen LogP contribution in [0.3, 0.4) is 0 Å². The van der Waals surface area contributed by atoms with Gasteiger partial charge in [0.25, 0.3) is 0 Å². The molecule has 1 unspecified atom stereocenters. The molecule has 2 saturated heterocycles. The molecule has 2 fully saturated rings. The van der Waals surface area contributed by atoms with Gasteiger partial charge in [-0.25, -0.2) is 4.79 Å². The zero-order valence-electron chi connectivity index (χ0n) is 19.8. The fourth-order valence-electron chi connectivity index (χ4n) is 3.44. The Labute approximate surface area is 191 Å². The average Bonchev–Trinajstić information content (AvgIpc) is 2.63. The van der Waals surface area contributed by atoms with Crippen molar-refractivity contribution in [2.75, 3.05) is 51.8 Å². The molecule has 30 heavy (non-hydrogen) atoms. The van der Waals surface area contributed by atoms with E-state index in [0.29, 0.717) is 32.8 Å². The highest BCUT2D eigenvalue weighted by Gasteiger charge is 2.40. The van der Waals surface area contributed by atoms with E-state index in [1.54, 1.807) is 16.7 Å². The van der Waals surface area contributed by atoms with Crippen LogP contribution in [0.15, 0.2) is 0 Å². The van der Waals surface area contributed by atoms with Gasteiger partial charge in [0.1, 0.15) is 5.60 Å². The zero-order valence-corrected chi connectivity index (χ0v) is 21.5. The third-order valence-electron chi connectivity index (χ3n) is 4.80. The van der Waals surface area contributed by atoms with Crippen molar-refractivity contribution >= 4 is 41.2 Å². The minimum absolute atomic E-state index is 0.195. The van der Waals surface area contributed by atoms with Crippen LogP contribution < -0.4 is 0 Å². The Balaban J connectivity index is 0.00000141. The molecule has 0 spiro atoms. The summed E-state index contributed by atoms with van der Waals surface area (Å²) >= 11 is 7.45. The van der Waals surface area contributed by atoms with E-state index in [1.807, 2.05) is 54.1 Å². The molecule has 1 amide bonds. The van der Waals surface area contributed by atoms with Gasteiger partial charge in [-0.1, -0.05) is 0 Å². The number of esters is 1. The second kappa shape index (κ2) is 11.4. The molecule has 0 aromatic heterocycles. The van der Waals surface area contributed by atoms with Crippen molar-refractivity contribution in [2.45, 2.75) is 59.6 Å². The van der Waals surface area contributed by atoms with Crippen LogP contribution in [0.1, 0.15) is 48.0 Å². The lowest BCUT2D eigenvalue weighted by atomic mass is 9.92. The van der Waals surface area contributed by atoms with Crippen molar-refractivity contribution in [1.82, 2.24) is 14.7 Å². The van der Waals surface area contributed by atoms with Crippen LogP contribution in [0.25, 0.3) is 0 Å². The summed E-state index contributed by atoms with van der Waals surface area (Å²) in [7, 11) is 0. The van der Waals surface area contributed by atoms with Crippen LogP contribution in [-0.2, 0) is 14.3 Å². The minimum atomic E-state index is -0.620. The number of fused-ring (bicyclic) bond motifs is 1. The number of hydrogen-bond acceptors (Lipinski definition) is 6. The summed E-state index contributed by atoms with van der Waals surface area (Å²) < 4.78 is 10.7. The first-order valence-electron chi connectivity index (χ1n) is 10.5. The summed E-state index contributed by atoms with van der Waals surface area (Å²) in [5, 5.41) is 0.757. The standard InChI is InChI=1S/C19H33N3O4S.C2H6S/c1-7-25-15(23)19(5,6)13-21-9-8-14-12-20(10-11-22(14)16(21)27)17(24)26-18(2,3)4;1-3-2/h14H,7-13H2,1-6H3;1-2H3. The first kappa shape index (κ1) is 26.8. The lowest BCUT2D eigenvalue weighted by Gasteiger charge is -2.50. The zero-order chi connectivity index (χ0) is 23.1. The van der Waals surface area contributed by atoms with Gasteiger partial charge in [0.2, 0.25) is 0 Å². The molecule has 0 saturated carbocycles. The highest BCUT2D eigenvalue weighted by atomic mass is 32.2. The Morgan fingerprint density at radius 2 is 1.73 bits per heavy atom. The molecule has 9 heteroatoms. The Kier molecular flexibility index (Phi) is 10.2. The van der Waals surface area contributed by atoms with Crippen molar-refractivity contribution < 1.29 is 19.1 Å². The minimum Gasteiger partial charge on any atom is -0.466 e. The number of carbonyl (C=O) groups excluding carboxylic acids is 2. The number of thioether (sulfide) groups is 1. The van der Waals surface area contributed by atoms with Gasteiger partial charge < -0.3 is 24.2 Å². The predicted molar refractivity (Wildman–Crippen MR) is 127 cm³/mol. The van der Waals surface area contributed by atoms with Crippen LogP contribution >= 0.6 is 24.0 Å². The second-order valence-electron chi connectivity index (χ2n) is 9.28. The maximum absolute atomic E-state index is 12.3. The number of rotatable bonds is 4. The van der Waals surface area contributed by atoms with Crippen LogP contribution in [0, 0.1) is 5.41 Å². The largest absolute Gasteiger partial charge is 0.466 e. The summed E-state index contributed by atoms with van der Waals surface area (Å²) in [4.78, 5) is 30.6. The van der Waals surface area contributed by atoms with E-state index in [4.69, 9.17) is 21.7 Å². The van der Waals surface area contributed by atoms with Crippen LogP contribution in [0.2, 0.25) is 0 Å². The number of carbonyl (C=O) groups is 2. The average molecular weight is 462 g/mol. The molecule has 0 aromatic rings. The van der Waals surface area contributed by atoms with E-state index >= 15 is 0 Å². The number of amides is 1.